The molecule has 130 valence electrons. The summed E-state index contributed by atoms with van der Waals surface area (Å²) < 4.78 is 4.58. The molecule has 0 aliphatic heterocycles. The number of nitro groups is 1. The maximum Gasteiger partial charge on any atom is 0.338 e. The molecule has 0 radical (unpaired) electrons. The molecule has 0 bridgehead atoms. The number of amides is 1. The Labute approximate surface area is 147 Å². The zero-order chi connectivity index (χ0) is 18.7. The van der Waals surface area contributed by atoms with Crippen molar-refractivity contribution in [3.63, 3.8) is 0 Å². The number of aromatic nitrogens is 1. The molecule has 2 aromatic carbocycles. The summed E-state index contributed by atoms with van der Waals surface area (Å²) in [6, 6.07) is 10.7. The Morgan fingerprint density at radius 1 is 1.12 bits per heavy atom. The lowest BCUT2D eigenvalue weighted by molar-refractivity contribution is -0.384. The minimum Gasteiger partial charge on any atom is -0.465 e. The molecule has 1 amide bonds. The number of nitro benzene ring substituents is 1. The van der Waals surface area contributed by atoms with E-state index < -0.39 is 16.8 Å². The lowest BCUT2D eigenvalue weighted by atomic mass is 10.1. The predicted octanol–water partition coefficient (Wildman–Crippen LogP) is 3.18. The smallest absolute Gasteiger partial charge is 0.338 e. The Bertz CT molecular complexity index is 1030. The van der Waals surface area contributed by atoms with Crippen LogP contribution in [0.4, 0.5) is 11.4 Å². The van der Waals surface area contributed by atoms with Crippen molar-refractivity contribution in [2.75, 3.05) is 12.4 Å². The van der Waals surface area contributed by atoms with Crippen LogP contribution in [0.2, 0.25) is 0 Å². The summed E-state index contributed by atoms with van der Waals surface area (Å²) in [7, 11) is 1.16. The summed E-state index contributed by atoms with van der Waals surface area (Å²) in [6.45, 7) is 0. The second-order valence-electron chi connectivity index (χ2n) is 5.38. The van der Waals surface area contributed by atoms with Gasteiger partial charge in [0.2, 0.25) is 0 Å². The first-order valence-corrected chi connectivity index (χ1v) is 7.51. The molecule has 0 unspecified atom stereocenters. The van der Waals surface area contributed by atoms with E-state index in [4.69, 9.17) is 0 Å². The quantitative estimate of drug-likeness (QED) is 0.439. The van der Waals surface area contributed by atoms with Gasteiger partial charge in [-0.05, 0) is 6.07 Å². The molecule has 0 spiro atoms. The zero-order valence-electron chi connectivity index (χ0n) is 13.6. The monoisotopic (exact) mass is 351 g/mol. The molecule has 8 heteroatoms. The fourth-order valence-electron chi connectivity index (χ4n) is 2.49. The van der Waals surface area contributed by atoms with Crippen molar-refractivity contribution in [3.05, 3.63) is 76.1 Å². The highest BCUT2D eigenvalue weighted by molar-refractivity contribution is 6.10. The van der Waals surface area contributed by atoms with Gasteiger partial charge in [0.15, 0.2) is 0 Å². The molecular weight excluding hydrogens is 338 g/mol. The van der Waals surface area contributed by atoms with E-state index in [0.29, 0.717) is 5.69 Å². The van der Waals surface area contributed by atoms with Crippen molar-refractivity contribution in [3.8, 4) is 0 Å². The fraction of sp³-hybridized carbons (Fsp3) is 0.0556. The van der Waals surface area contributed by atoms with E-state index >= 15 is 0 Å². The Kier molecular flexibility index (Phi) is 4.57. The van der Waals surface area contributed by atoms with Gasteiger partial charge in [0, 0.05) is 34.7 Å². The van der Waals surface area contributed by atoms with E-state index in [1.165, 1.54) is 12.3 Å². The molecule has 1 N–H and O–H groups in total. The third-order valence-corrected chi connectivity index (χ3v) is 3.73. The molecule has 26 heavy (non-hydrogen) atoms. The summed E-state index contributed by atoms with van der Waals surface area (Å²) in [5.74, 6) is -1.37. The average Bonchev–Trinajstić information content (AvgIpc) is 2.67. The van der Waals surface area contributed by atoms with Crippen LogP contribution >= 0.6 is 0 Å². The van der Waals surface area contributed by atoms with Crippen LogP contribution in [-0.4, -0.2) is 28.9 Å². The van der Waals surface area contributed by atoms with Crippen LogP contribution in [0.25, 0.3) is 10.8 Å². The highest BCUT2D eigenvalue weighted by atomic mass is 16.6. The topological polar surface area (TPSA) is 111 Å². The van der Waals surface area contributed by atoms with Gasteiger partial charge in [-0.15, -0.1) is 0 Å². The van der Waals surface area contributed by atoms with Gasteiger partial charge in [-0.3, -0.25) is 19.9 Å². The van der Waals surface area contributed by atoms with E-state index in [9.17, 15) is 19.7 Å². The van der Waals surface area contributed by atoms with Gasteiger partial charge in [0.25, 0.3) is 11.6 Å². The molecule has 0 fully saturated rings. The SMILES string of the molecule is COC(=O)c1cc(C(=O)Nc2cncc3ccccc23)cc([N+](=O)[O-])c1. The number of esters is 1. The predicted molar refractivity (Wildman–Crippen MR) is 94.1 cm³/mol. The van der Waals surface area contributed by atoms with Crippen LogP contribution in [-0.2, 0) is 4.74 Å². The van der Waals surface area contributed by atoms with Gasteiger partial charge in [-0.2, -0.15) is 0 Å². The number of carbonyl (C=O) groups is 2. The van der Waals surface area contributed by atoms with E-state index in [-0.39, 0.29) is 16.8 Å². The molecule has 0 aliphatic rings. The van der Waals surface area contributed by atoms with Crippen molar-refractivity contribution in [2.45, 2.75) is 0 Å². The number of carbonyl (C=O) groups excluding carboxylic acids is 2. The Morgan fingerprint density at radius 2 is 1.85 bits per heavy atom. The van der Waals surface area contributed by atoms with E-state index in [0.717, 1.165) is 30.0 Å². The molecule has 1 heterocycles. The highest BCUT2D eigenvalue weighted by Gasteiger charge is 2.19. The van der Waals surface area contributed by atoms with Gasteiger partial charge in [-0.25, -0.2) is 4.79 Å². The van der Waals surface area contributed by atoms with Gasteiger partial charge in [0.05, 0.1) is 29.5 Å². The molecule has 0 saturated heterocycles. The number of methoxy groups -OCH3 is 1. The molecular formula is C18H13N3O5. The number of hydrogen-bond donors (Lipinski definition) is 1. The van der Waals surface area contributed by atoms with Crippen LogP contribution in [0.5, 0.6) is 0 Å². The van der Waals surface area contributed by atoms with Gasteiger partial charge >= 0.3 is 5.97 Å². The summed E-state index contributed by atoms with van der Waals surface area (Å²) in [5.41, 5.74) is -0.0382. The van der Waals surface area contributed by atoms with E-state index in [1.807, 2.05) is 24.3 Å². The first-order valence-electron chi connectivity index (χ1n) is 7.51. The normalized spacial score (nSPS) is 10.3. The maximum absolute atomic E-state index is 12.6. The number of ether oxygens (including phenoxy) is 1. The van der Waals surface area contributed by atoms with Crippen molar-refractivity contribution in [2.24, 2.45) is 0 Å². The second kappa shape index (κ2) is 6.98. The third-order valence-electron chi connectivity index (χ3n) is 3.73. The molecule has 3 aromatic rings. The van der Waals surface area contributed by atoms with Crippen LogP contribution in [0, 0.1) is 10.1 Å². The van der Waals surface area contributed by atoms with E-state index in [2.05, 4.69) is 15.0 Å². The second-order valence-corrected chi connectivity index (χ2v) is 5.38. The summed E-state index contributed by atoms with van der Waals surface area (Å²) >= 11 is 0. The number of anilines is 1. The Hall–Kier alpha value is -3.81. The number of non-ortho nitro benzene ring substituents is 1. The van der Waals surface area contributed by atoms with Crippen molar-refractivity contribution in [1.29, 1.82) is 0 Å². The number of nitrogens with one attached hydrogen (secondary N) is 1. The standard InChI is InChI=1S/C18H13N3O5/c1-26-18(23)13-6-12(7-14(8-13)21(24)25)17(22)20-16-10-19-9-11-4-2-3-5-15(11)16/h2-10H,1H3,(H,20,22). The number of nitrogens with zero attached hydrogens (tertiary/aromatic N) is 2. The minimum absolute atomic E-state index is 0.0347. The lowest BCUT2D eigenvalue weighted by Gasteiger charge is -2.09. The molecule has 0 atom stereocenters. The molecule has 0 aliphatic carbocycles. The maximum atomic E-state index is 12.6. The first-order chi connectivity index (χ1) is 12.5. The van der Waals surface area contributed by atoms with Gasteiger partial charge < -0.3 is 10.1 Å². The number of pyridine rings is 1. The highest BCUT2D eigenvalue weighted by Crippen LogP contribution is 2.23. The molecule has 1 aromatic heterocycles. The largest absolute Gasteiger partial charge is 0.465 e. The van der Waals surface area contributed by atoms with Crippen molar-refractivity contribution < 1.29 is 19.2 Å². The average molecular weight is 351 g/mol. The van der Waals surface area contributed by atoms with Gasteiger partial charge in [0.1, 0.15) is 0 Å². The summed E-state index contributed by atoms with van der Waals surface area (Å²) in [6.07, 6.45) is 3.15. The minimum atomic E-state index is -0.769. The summed E-state index contributed by atoms with van der Waals surface area (Å²) in [5, 5.41) is 15.4. The van der Waals surface area contributed by atoms with Crippen LogP contribution in [0.1, 0.15) is 20.7 Å². The van der Waals surface area contributed by atoms with Crippen LogP contribution in [0.15, 0.2) is 54.9 Å². The van der Waals surface area contributed by atoms with Crippen molar-refractivity contribution >= 4 is 34.0 Å². The van der Waals surface area contributed by atoms with Crippen LogP contribution < -0.4 is 5.32 Å². The Balaban J connectivity index is 2.00. The van der Waals surface area contributed by atoms with Crippen LogP contribution in [0.3, 0.4) is 0 Å². The van der Waals surface area contributed by atoms with E-state index in [1.54, 1.807) is 6.20 Å². The number of hydrogen-bond acceptors (Lipinski definition) is 6. The number of fused-ring (bicyclic) bond motifs is 1. The zero-order valence-corrected chi connectivity index (χ0v) is 13.6. The number of benzene rings is 2. The lowest BCUT2D eigenvalue weighted by Crippen LogP contribution is -2.14. The van der Waals surface area contributed by atoms with Crippen molar-refractivity contribution in [1.82, 2.24) is 4.98 Å². The first kappa shape index (κ1) is 17.0. The van der Waals surface area contributed by atoms with Gasteiger partial charge in [-0.1, -0.05) is 24.3 Å². The molecule has 3 rings (SSSR count). The third kappa shape index (κ3) is 3.34. The number of rotatable bonds is 4. The fourth-order valence-corrected chi connectivity index (χ4v) is 2.49. The Morgan fingerprint density at radius 3 is 2.58 bits per heavy atom. The molecule has 8 nitrogen and oxygen atoms in total. The molecule has 0 saturated carbocycles. The summed E-state index contributed by atoms with van der Waals surface area (Å²) in [4.78, 5) is 38.8.